The van der Waals surface area contributed by atoms with Crippen LogP contribution >= 0.6 is 0 Å². The van der Waals surface area contributed by atoms with Crippen molar-refractivity contribution in [1.82, 2.24) is 0 Å². The highest BCUT2D eigenvalue weighted by Gasteiger charge is 2.31. The number of unbranched alkanes of at least 4 members (excludes halogenated alkanes) is 2. The highest BCUT2D eigenvalue weighted by molar-refractivity contribution is 5.72. The highest BCUT2D eigenvalue weighted by Crippen LogP contribution is 2.21. The minimum Gasteiger partial charge on any atom is -0.462 e. The van der Waals surface area contributed by atoms with Crippen LogP contribution < -0.4 is 0 Å². The van der Waals surface area contributed by atoms with Gasteiger partial charge in [-0.05, 0) is 53.4 Å². The van der Waals surface area contributed by atoms with Gasteiger partial charge in [-0.2, -0.15) is 0 Å². The van der Waals surface area contributed by atoms with E-state index < -0.39 is 11.2 Å². The second kappa shape index (κ2) is 14.8. The molecule has 0 aromatic rings. The molecule has 0 aliphatic carbocycles. The van der Waals surface area contributed by atoms with E-state index in [1.165, 1.54) is 0 Å². The number of carbonyl (C=O) groups is 2. The molecule has 0 radical (unpaired) electrons. The summed E-state index contributed by atoms with van der Waals surface area (Å²) in [5.74, 6) is -0.518. The van der Waals surface area contributed by atoms with Gasteiger partial charge in [0.1, 0.15) is 24.4 Å². The van der Waals surface area contributed by atoms with Crippen molar-refractivity contribution in [2.24, 2.45) is 11.8 Å². The molecule has 0 heterocycles. The Labute approximate surface area is 184 Å². The molecule has 0 aromatic carbocycles. The van der Waals surface area contributed by atoms with Crippen LogP contribution in [-0.4, -0.2) is 36.4 Å². The first-order valence-corrected chi connectivity index (χ1v) is 11.7. The van der Waals surface area contributed by atoms with Gasteiger partial charge >= 0.3 is 11.9 Å². The van der Waals surface area contributed by atoms with E-state index in [0.717, 1.165) is 51.4 Å². The molecule has 0 spiro atoms. The maximum atomic E-state index is 12.3. The zero-order chi connectivity index (χ0) is 23.2. The Balaban J connectivity index is 4.47. The van der Waals surface area contributed by atoms with Crippen LogP contribution in [-0.2, 0) is 28.8 Å². The number of hydrogen-bond donors (Lipinski definition) is 0. The fraction of sp³-hybridized carbons (Fsp3) is 0.917. The number of esters is 2. The van der Waals surface area contributed by atoms with E-state index >= 15 is 0 Å². The van der Waals surface area contributed by atoms with E-state index in [1.54, 1.807) is 27.7 Å². The van der Waals surface area contributed by atoms with Crippen molar-refractivity contribution < 1.29 is 28.8 Å². The second-order valence-electron chi connectivity index (χ2n) is 9.40. The molecular formula is C24H46O6. The van der Waals surface area contributed by atoms with Crippen molar-refractivity contribution >= 4 is 11.9 Å². The lowest BCUT2D eigenvalue weighted by molar-refractivity contribution is -0.408. The van der Waals surface area contributed by atoms with Gasteiger partial charge in [0.2, 0.25) is 0 Å². The van der Waals surface area contributed by atoms with Gasteiger partial charge in [-0.15, -0.1) is 0 Å². The summed E-state index contributed by atoms with van der Waals surface area (Å²) in [6, 6.07) is 0. The van der Waals surface area contributed by atoms with Gasteiger partial charge in [0.15, 0.2) is 0 Å². The minimum atomic E-state index is -0.812. The topological polar surface area (TPSA) is 71.1 Å². The summed E-state index contributed by atoms with van der Waals surface area (Å²) in [7, 11) is 0. The molecule has 6 nitrogen and oxygen atoms in total. The van der Waals surface area contributed by atoms with Crippen LogP contribution in [0.1, 0.15) is 107 Å². The van der Waals surface area contributed by atoms with Crippen LogP contribution in [0.25, 0.3) is 0 Å². The van der Waals surface area contributed by atoms with Gasteiger partial charge < -0.3 is 9.47 Å². The maximum Gasteiger partial charge on any atom is 0.309 e. The van der Waals surface area contributed by atoms with Crippen LogP contribution in [0.2, 0.25) is 0 Å². The van der Waals surface area contributed by atoms with E-state index in [-0.39, 0.29) is 37.0 Å². The fourth-order valence-electron chi connectivity index (χ4n) is 2.88. The molecule has 6 heteroatoms. The van der Waals surface area contributed by atoms with Crippen LogP contribution in [0.3, 0.4) is 0 Å². The molecule has 0 amide bonds. The van der Waals surface area contributed by atoms with E-state index in [9.17, 15) is 9.59 Å². The third-order valence-electron chi connectivity index (χ3n) is 5.08. The molecule has 0 bridgehead atoms. The molecule has 0 aliphatic rings. The third-order valence-corrected chi connectivity index (χ3v) is 5.08. The molecule has 0 aliphatic heterocycles. The van der Waals surface area contributed by atoms with Crippen molar-refractivity contribution in [3.63, 3.8) is 0 Å². The van der Waals surface area contributed by atoms with Gasteiger partial charge in [-0.1, -0.05) is 53.4 Å². The molecule has 2 unspecified atom stereocenters. The van der Waals surface area contributed by atoms with Crippen molar-refractivity contribution in [2.75, 3.05) is 13.2 Å². The first kappa shape index (κ1) is 28.9. The third kappa shape index (κ3) is 12.5. The van der Waals surface area contributed by atoms with Gasteiger partial charge in [0, 0.05) is 0 Å². The quantitative estimate of drug-likeness (QED) is 0.160. The van der Waals surface area contributed by atoms with E-state index in [1.807, 2.05) is 13.8 Å². The van der Waals surface area contributed by atoms with E-state index in [4.69, 9.17) is 19.2 Å². The number of carbonyl (C=O) groups excluding carboxylic acids is 2. The predicted octanol–water partition coefficient (Wildman–Crippen LogP) is 6.01. The maximum absolute atomic E-state index is 12.3. The molecular weight excluding hydrogens is 384 g/mol. The first-order valence-electron chi connectivity index (χ1n) is 11.7. The molecule has 0 N–H and O–H groups in total. The van der Waals surface area contributed by atoms with Gasteiger partial charge in [0.05, 0.1) is 11.8 Å². The average molecular weight is 431 g/mol. The summed E-state index contributed by atoms with van der Waals surface area (Å²) in [5, 5.41) is 0. The minimum absolute atomic E-state index is 0.0725. The van der Waals surface area contributed by atoms with Crippen LogP contribution in [0.15, 0.2) is 0 Å². The fourth-order valence-corrected chi connectivity index (χ4v) is 2.88. The van der Waals surface area contributed by atoms with Crippen LogP contribution in [0, 0.1) is 11.8 Å². The zero-order valence-corrected chi connectivity index (χ0v) is 20.7. The SMILES string of the molecule is CCCCC(CC)C(=O)OCC(C)(C)OOC(C)(C)COC(=O)C(CC)CCCC. The lowest BCUT2D eigenvalue weighted by Gasteiger charge is -2.30. The Morgan fingerprint density at radius 3 is 1.27 bits per heavy atom. The molecule has 0 aromatic heterocycles. The lowest BCUT2D eigenvalue weighted by atomic mass is 9.99. The highest BCUT2D eigenvalue weighted by atomic mass is 17.2. The normalized spacial score (nSPS) is 14.3. The summed E-state index contributed by atoms with van der Waals surface area (Å²) in [6.07, 6.45) is 7.38. The Bertz CT molecular complexity index is 442. The van der Waals surface area contributed by atoms with Crippen molar-refractivity contribution in [3.8, 4) is 0 Å². The largest absolute Gasteiger partial charge is 0.462 e. The number of hydrogen-bond acceptors (Lipinski definition) is 6. The molecule has 0 saturated carbocycles. The second-order valence-corrected chi connectivity index (χ2v) is 9.40. The van der Waals surface area contributed by atoms with Crippen LogP contribution in [0.5, 0.6) is 0 Å². The first-order chi connectivity index (χ1) is 14.0. The number of rotatable bonds is 17. The van der Waals surface area contributed by atoms with E-state index in [0.29, 0.717) is 0 Å². The average Bonchev–Trinajstić information content (AvgIpc) is 2.70. The summed E-state index contributed by atoms with van der Waals surface area (Å²) >= 11 is 0. The van der Waals surface area contributed by atoms with Crippen molar-refractivity contribution in [1.29, 1.82) is 0 Å². The van der Waals surface area contributed by atoms with Gasteiger partial charge in [0.25, 0.3) is 0 Å². The zero-order valence-electron chi connectivity index (χ0n) is 20.7. The smallest absolute Gasteiger partial charge is 0.309 e. The molecule has 178 valence electrons. The Hall–Kier alpha value is -1.14. The molecule has 0 rings (SSSR count). The number of ether oxygens (including phenoxy) is 2. The van der Waals surface area contributed by atoms with E-state index in [2.05, 4.69) is 13.8 Å². The van der Waals surface area contributed by atoms with Crippen molar-refractivity contribution in [2.45, 2.75) is 118 Å². The summed E-state index contributed by atoms with van der Waals surface area (Å²) < 4.78 is 10.9. The Morgan fingerprint density at radius 1 is 0.667 bits per heavy atom. The predicted molar refractivity (Wildman–Crippen MR) is 119 cm³/mol. The molecule has 0 fully saturated rings. The van der Waals surface area contributed by atoms with Crippen molar-refractivity contribution in [3.05, 3.63) is 0 Å². The Kier molecular flexibility index (Phi) is 14.2. The molecule has 30 heavy (non-hydrogen) atoms. The monoisotopic (exact) mass is 430 g/mol. The molecule has 2 atom stereocenters. The summed E-state index contributed by atoms with van der Waals surface area (Å²) in [6.45, 7) is 15.6. The summed E-state index contributed by atoms with van der Waals surface area (Å²) in [4.78, 5) is 35.7. The van der Waals surface area contributed by atoms with Gasteiger partial charge in [-0.3, -0.25) is 9.59 Å². The summed E-state index contributed by atoms with van der Waals surface area (Å²) in [5.41, 5.74) is -1.62. The lowest BCUT2D eigenvalue weighted by Crippen LogP contribution is -2.40. The Morgan fingerprint density at radius 2 is 1.00 bits per heavy atom. The van der Waals surface area contributed by atoms with Crippen LogP contribution in [0.4, 0.5) is 0 Å². The standard InChI is InChI=1S/C24H46O6/c1-9-13-15-19(11-3)21(25)27-17-23(5,6)29-30-24(7,8)18-28-22(26)20(12-4)16-14-10-2/h19-20H,9-18H2,1-8H3. The van der Waals surface area contributed by atoms with Gasteiger partial charge in [-0.25, -0.2) is 9.78 Å². The molecule has 0 saturated heterocycles.